The van der Waals surface area contributed by atoms with Gasteiger partial charge in [-0.15, -0.1) is 0 Å². The number of nitrogens with one attached hydrogen (secondary N) is 1. The molecule has 0 saturated heterocycles. The maximum absolute atomic E-state index is 12.6. The summed E-state index contributed by atoms with van der Waals surface area (Å²) in [6.45, 7) is 0.383. The highest BCUT2D eigenvalue weighted by molar-refractivity contribution is 9.10. The minimum absolute atomic E-state index is 0.0751. The molecule has 1 aliphatic rings. The average Bonchev–Trinajstić information content (AvgIpc) is 3.01. The number of aromatic nitrogens is 1. The molecule has 1 amide bonds. The number of pyridine rings is 1. The first-order valence-electron chi connectivity index (χ1n) is 7.54. The Labute approximate surface area is 153 Å². The summed E-state index contributed by atoms with van der Waals surface area (Å²) in [4.78, 5) is 26.2. The van der Waals surface area contributed by atoms with Crippen LogP contribution in [0.1, 0.15) is 5.56 Å². The second-order valence-electron chi connectivity index (χ2n) is 5.61. The van der Waals surface area contributed by atoms with E-state index < -0.39 is 10.0 Å². The van der Waals surface area contributed by atoms with Crippen LogP contribution in [-0.4, -0.2) is 32.5 Å². The van der Waals surface area contributed by atoms with Crippen LogP contribution in [0.4, 0.5) is 5.69 Å². The molecule has 0 atom stereocenters. The fourth-order valence-electron chi connectivity index (χ4n) is 2.78. The Bertz CT molecular complexity index is 1000. The molecule has 7 nitrogen and oxygen atoms in total. The van der Waals surface area contributed by atoms with Gasteiger partial charge in [-0.3, -0.25) is 9.59 Å². The van der Waals surface area contributed by atoms with Crippen LogP contribution >= 0.6 is 15.9 Å². The van der Waals surface area contributed by atoms with Gasteiger partial charge in [-0.25, -0.2) is 13.1 Å². The highest BCUT2D eigenvalue weighted by atomic mass is 79.9. The van der Waals surface area contributed by atoms with E-state index in [9.17, 15) is 18.0 Å². The Morgan fingerprint density at radius 1 is 1.28 bits per heavy atom. The van der Waals surface area contributed by atoms with Gasteiger partial charge in [0.1, 0.15) is 6.54 Å². The van der Waals surface area contributed by atoms with Crippen LogP contribution < -0.4 is 15.2 Å². The van der Waals surface area contributed by atoms with Gasteiger partial charge in [0.05, 0.1) is 4.90 Å². The number of carbonyl (C=O) groups is 1. The highest BCUT2D eigenvalue weighted by Gasteiger charge is 2.26. The molecule has 25 heavy (non-hydrogen) atoms. The van der Waals surface area contributed by atoms with Gasteiger partial charge in [0.2, 0.25) is 15.9 Å². The van der Waals surface area contributed by atoms with Gasteiger partial charge in [0.15, 0.2) is 0 Å². The van der Waals surface area contributed by atoms with Gasteiger partial charge in [-0.05, 0) is 59.2 Å². The van der Waals surface area contributed by atoms with Crippen molar-refractivity contribution in [3.63, 3.8) is 0 Å². The Kier molecular flexibility index (Phi) is 4.81. The van der Waals surface area contributed by atoms with E-state index in [2.05, 4.69) is 20.7 Å². The van der Waals surface area contributed by atoms with Crippen LogP contribution in [-0.2, 0) is 27.8 Å². The lowest BCUT2D eigenvalue weighted by Gasteiger charge is -2.18. The average molecular weight is 426 g/mol. The quantitative estimate of drug-likeness (QED) is 0.794. The second-order valence-corrected chi connectivity index (χ2v) is 8.41. The number of fused-ring (bicyclic) bond motifs is 1. The molecule has 0 radical (unpaired) electrons. The van der Waals surface area contributed by atoms with Crippen molar-refractivity contribution in [1.29, 1.82) is 0 Å². The van der Waals surface area contributed by atoms with E-state index in [1.165, 1.54) is 23.7 Å². The van der Waals surface area contributed by atoms with Crippen LogP contribution in [0.25, 0.3) is 0 Å². The lowest BCUT2D eigenvalue weighted by Crippen LogP contribution is -2.35. The van der Waals surface area contributed by atoms with Gasteiger partial charge >= 0.3 is 0 Å². The van der Waals surface area contributed by atoms with Crippen molar-refractivity contribution in [1.82, 2.24) is 9.29 Å². The lowest BCUT2D eigenvalue weighted by molar-refractivity contribution is -0.119. The van der Waals surface area contributed by atoms with Crippen molar-refractivity contribution in [2.45, 2.75) is 17.9 Å². The van der Waals surface area contributed by atoms with Crippen molar-refractivity contribution in [2.24, 2.45) is 0 Å². The highest BCUT2D eigenvalue weighted by Crippen LogP contribution is 2.30. The van der Waals surface area contributed by atoms with Crippen LogP contribution in [0.5, 0.6) is 0 Å². The normalized spacial score (nSPS) is 13.8. The first-order chi connectivity index (χ1) is 11.8. The molecule has 132 valence electrons. The summed E-state index contributed by atoms with van der Waals surface area (Å²) in [6.07, 6.45) is 2.14. The topological polar surface area (TPSA) is 88.5 Å². The molecule has 1 aromatic heterocycles. The maximum Gasteiger partial charge on any atom is 0.251 e. The number of carbonyl (C=O) groups excluding carboxylic acids is 1. The summed E-state index contributed by atoms with van der Waals surface area (Å²) in [5.74, 6) is -0.219. The van der Waals surface area contributed by atoms with Crippen molar-refractivity contribution in [3.8, 4) is 0 Å². The molecule has 1 N–H and O–H groups in total. The molecular formula is C16H16BrN3O4S. The van der Waals surface area contributed by atoms with E-state index in [4.69, 9.17) is 0 Å². The van der Waals surface area contributed by atoms with Crippen molar-refractivity contribution in [3.05, 3.63) is 56.9 Å². The second kappa shape index (κ2) is 6.74. The van der Waals surface area contributed by atoms with Gasteiger partial charge in [-0.1, -0.05) is 0 Å². The molecule has 1 aliphatic heterocycles. The Morgan fingerprint density at radius 2 is 2.04 bits per heavy atom. The minimum atomic E-state index is -3.52. The number of benzene rings is 1. The molecule has 0 fully saturated rings. The number of sulfonamides is 1. The predicted octanol–water partition coefficient (Wildman–Crippen LogP) is 1.11. The number of amides is 1. The van der Waals surface area contributed by atoms with E-state index in [0.717, 1.165) is 5.56 Å². The number of nitrogens with zero attached hydrogens (tertiary/aromatic N) is 2. The molecule has 9 heteroatoms. The van der Waals surface area contributed by atoms with E-state index in [-0.39, 0.29) is 22.9 Å². The largest absolute Gasteiger partial charge is 0.310 e. The third-order valence-corrected chi connectivity index (χ3v) is 5.96. The first kappa shape index (κ1) is 17.8. The third kappa shape index (κ3) is 3.53. The number of rotatable bonds is 4. The molecule has 3 rings (SSSR count). The molecular weight excluding hydrogens is 410 g/mol. The van der Waals surface area contributed by atoms with Gasteiger partial charge in [-0.2, -0.15) is 0 Å². The van der Waals surface area contributed by atoms with Gasteiger partial charge in [0.25, 0.3) is 5.56 Å². The van der Waals surface area contributed by atoms with Crippen molar-refractivity contribution < 1.29 is 13.2 Å². The minimum Gasteiger partial charge on any atom is -0.310 e. The smallest absolute Gasteiger partial charge is 0.251 e. The Hall–Kier alpha value is -1.97. The predicted molar refractivity (Wildman–Crippen MR) is 97.1 cm³/mol. The fourth-order valence-corrected chi connectivity index (χ4v) is 3.94. The van der Waals surface area contributed by atoms with Crippen molar-refractivity contribution >= 4 is 37.5 Å². The lowest BCUT2D eigenvalue weighted by atomic mass is 10.2. The number of hydrogen-bond donors (Lipinski definition) is 1. The van der Waals surface area contributed by atoms with Crippen LogP contribution in [0.3, 0.4) is 0 Å². The summed E-state index contributed by atoms with van der Waals surface area (Å²) in [7, 11) is -2.17. The maximum atomic E-state index is 12.6. The van der Waals surface area contributed by atoms with Crippen LogP contribution in [0.15, 0.2) is 50.7 Å². The molecule has 0 bridgehead atoms. The molecule has 2 aromatic rings. The monoisotopic (exact) mass is 425 g/mol. The molecule has 1 aromatic carbocycles. The first-order valence-corrected chi connectivity index (χ1v) is 9.82. The SMILES string of the molecule is CNS(=O)(=O)c1ccc2c(c1)CCN2C(=O)Cn1cc(Br)ccc1=O. The zero-order chi connectivity index (χ0) is 18.2. The Morgan fingerprint density at radius 3 is 2.76 bits per heavy atom. The fraction of sp³-hybridized carbons (Fsp3) is 0.250. The van der Waals surface area contributed by atoms with Gasteiger partial charge < -0.3 is 9.47 Å². The summed E-state index contributed by atoms with van der Waals surface area (Å²) >= 11 is 3.28. The molecule has 2 heterocycles. The van der Waals surface area contributed by atoms with E-state index >= 15 is 0 Å². The van der Waals surface area contributed by atoms with E-state index in [1.807, 2.05) is 0 Å². The zero-order valence-corrected chi connectivity index (χ0v) is 15.8. The van der Waals surface area contributed by atoms with E-state index in [0.29, 0.717) is 23.1 Å². The summed E-state index contributed by atoms with van der Waals surface area (Å²) in [5.41, 5.74) is 1.22. The summed E-state index contributed by atoms with van der Waals surface area (Å²) < 4.78 is 28.1. The van der Waals surface area contributed by atoms with Crippen LogP contribution in [0.2, 0.25) is 0 Å². The number of anilines is 1. The Balaban J connectivity index is 1.86. The molecule has 0 saturated carbocycles. The molecule has 0 unspecified atom stereocenters. The molecule has 0 spiro atoms. The zero-order valence-electron chi connectivity index (χ0n) is 13.4. The number of halogens is 1. The van der Waals surface area contributed by atoms with Crippen LogP contribution in [0, 0.1) is 0 Å². The summed E-state index contributed by atoms with van der Waals surface area (Å²) in [5, 5.41) is 0. The summed E-state index contributed by atoms with van der Waals surface area (Å²) in [6, 6.07) is 7.71. The third-order valence-electron chi connectivity index (χ3n) is 4.08. The van der Waals surface area contributed by atoms with E-state index in [1.54, 1.807) is 29.3 Å². The van der Waals surface area contributed by atoms with Gasteiger partial charge in [0, 0.05) is 29.0 Å². The van der Waals surface area contributed by atoms with Crippen molar-refractivity contribution in [2.75, 3.05) is 18.5 Å². The standard InChI is InChI=1S/C16H16BrN3O4S/c1-18-25(23,24)13-3-4-14-11(8-13)6-7-20(14)16(22)10-19-9-12(17)2-5-15(19)21/h2-5,8-9,18H,6-7,10H2,1H3. The molecule has 0 aliphatic carbocycles. The number of hydrogen-bond acceptors (Lipinski definition) is 4.